The van der Waals surface area contributed by atoms with Gasteiger partial charge in [0, 0.05) is 36.9 Å². The predicted octanol–water partition coefficient (Wildman–Crippen LogP) is 4.27. The molecule has 0 aromatic rings. The molecule has 0 spiro atoms. The van der Waals surface area contributed by atoms with Crippen molar-refractivity contribution in [1.29, 1.82) is 0 Å². The number of ether oxygens (including phenoxy) is 3. The van der Waals surface area contributed by atoms with Gasteiger partial charge in [-0.3, -0.25) is 0 Å². The molecule has 0 aliphatic carbocycles. The molecule has 2 aliphatic rings. The Hall–Kier alpha value is -1.81. The molecule has 0 radical (unpaired) electrons. The van der Waals surface area contributed by atoms with Crippen LogP contribution < -0.4 is 0 Å². The van der Waals surface area contributed by atoms with Gasteiger partial charge in [0.2, 0.25) is 0 Å². The first-order valence-electron chi connectivity index (χ1n) is 15.1. The van der Waals surface area contributed by atoms with E-state index in [0.29, 0.717) is 31.3 Å². The number of methoxy groups -OCH3 is 1. The summed E-state index contributed by atoms with van der Waals surface area (Å²) in [5.74, 6) is -1.14. The van der Waals surface area contributed by atoms with Gasteiger partial charge in [0.05, 0.1) is 30.5 Å². The zero-order valence-corrected chi connectivity index (χ0v) is 26.1. The van der Waals surface area contributed by atoms with Crippen LogP contribution in [0, 0.1) is 23.7 Å². The Bertz CT molecular complexity index is 940. The minimum absolute atomic E-state index is 0.0436. The summed E-state index contributed by atoms with van der Waals surface area (Å²) >= 11 is 0. The zero-order valence-electron chi connectivity index (χ0n) is 26.1. The summed E-state index contributed by atoms with van der Waals surface area (Å²) in [6.45, 7) is 13.1. The topological polar surface area (TPSA) is 129 Å². The molecule has 8 nitrogen and oxygen atoms in total. The first kappa shape index (κ1) is 35.4. The number of aliphatic hydroxyl groups is 4. The molecule has 2 rings (SSSR count). The second-order valence-electron chi connectivity index (χ2n) is 12.3. The van der Waals surface area contributed by atoms with Crippen LogP contribution in [0.25, 0.3) is 0 Å². The van der Waals surface area contributed by atoms with Crippen LogP contribution in [0.3, 0.4) is 0 Å². The van der Waals surface area contributed by atoms with E-state index in [-0.39, 0.29) is 29.8 Å². The third kappa shape index (κ3) is 10.8. The molecule has 1 saturated heterocycles. The molecule has 0 aromatic carbocycles. The van der Waals surface area contributed by atoms with E-state index in [0.717, 1.165) is 5.57 Å². The van der Waals surface area contributed by atoms with Crippen LogP contribution in [-0.4, -0.2) is 82.3 Å². The smallest absolute Gasteiger partial charge is 0.334 e. The lowest BCUT2D eigenvalue weighted by Gasteiger charge is -2.32. The average molecular weight is 579 g/mol. The fraction of sp³-hybridized carbons (Fsp3) is 0.727. The molecule has 4 N–H and O–H groups in total. The predicted molar refractivity (Wildman–Crippen MR) is 160 cm³/mol. The standard InChI is InChI=1S/C33H54O8/c1-19-17-21(3)29(36)32-31(41-32)27(35)13-11-9-10-12-14-28(40-33(38)22(4)18-19)20(2)15-16-26(34)24(6)30(37)23(5)25(7)39-8/h9-12,17-18,20-21,23-32,34-37H,13-16H2,1-8H3/b11-9+,12-10+,19-17+,22-18+/t20-,21+,23?,24?,25?,26?,27+,28-,29+,30?,31+,32+/m0/s1. The van der Waals surface area contributed by atoms with Crippen LogP contribution in [-0.2, 0) is 19.0 Å². The highest BCUT2D eigenvalue weighted by molar-refractivity contribution is 5.88. The molecule has 234 valence electrons. The molecular formula is C33H54O8. The van der Waals surface area contributed by atoms with Crippen molar-refractivity contribution in [2.75, 3.05) is 7.11 Å². The second kappa shape index (κ2) is 16.7. The SMILES string of the molecule is COC(C)C(C)C(O)C(C)C(O)CC[C@H](C)[C@@H]1C/C=C/C=C/C[C@@H](O)[C@H]2O[C@@H]2[C@H](O)[C@H](C)/C=C(C)/C=C(\C)C(=O)O1. The fourth-order valence-corrected chi connectivity index (χ4v) is 5.41. The van der Waals surface area contributed by atoms with Gasteiger partial charge >= 0.3 is 5.97 Å². The van der Waals surface area contributed by atoms with Crippen LogP contribution in [0.2, 0.25) is 0 Å². The van der Waals surface area contributed by atoms with Gasteiger partial charge in [-0.1, -0.05) is 63.6 Å². The Kier molecular flexibility index (Phi) is 14.4. The molecule has 0 bridgehead atoms. The minimum Gasteiger partial charge on any atom is -0.458 e. The molecule has 2 heterocycles. The van der Waals surface area contributed by atoms with Crippen molar-refractivity contribution in [3.8, 4) is 0 Å². The maximum atomic E-state index is 13.1. The van der Waals surface area contributed by atoms with E-state index in [4.69, 9.17) is 14.2 Å². The van der Waals surface area contributed by atoms with Gasteiger partial charge in [-0.05, 0) is 52.0 Å². The lowest BCUT2D eigenvalue weighted by molar-refractivity contribution is -0.146. The van der Waals surface area contributed by atoms with Crippen molar-refractivity contribution < 1.29 is 39.4 Å². The Labute approximate surface area is 246 Å². The number of epoxide rings is 1. The molecule has 8 heteroatoms. The van der Waals surface area contributed by atoms with Crippen LogP contribution in [0.1, 0.15) is 74.1 Å². The minimum atomic E-state index is -0.760. The summed E-state index contributed by atoms with van der Waals surface area (Å²) in [6, 6.07) is 0. The van der Waals surface area contributed by atoms with Crippen molar-refractivity contribution in [2.24, 2.45) is 23.7 Å². The largest absolute Gasteiger partial charge is 0.458 e. The summed E-state index contributed by atoms with van der Waals surface area (Å²) in [5, 5.41) is 42.7. The van der Waals surface area contributed by atoms with Crippen LogP contribution in [0.4, 0.5) is 0 Å². The van der Waals surface area contributed by atoms with E-state index in [1.807, 2.05) is 71.9 Å². The number of carbonyl (C=O) groups excluding carboxylic acids is 1. The van der Waals surface area contributed by atoms with Crippen molar-refractivity contribution in [2.45, 2.75) is 123 Å². The van der Waals surface area contributed by atoms with Crippen molar-refractivity contribution in [3.63, 3.8) is 0 Å². The highest BCUT2D eigenvalue weighted by Crippen LogP contribution is 2.34. The normalized spacial score (nSPS) is 36.7. The third-order valence-electron chi connectivity index (χ3n) is 8.84. The molecule has 12 atom stereocenters. The van der Waals surface area contributed by atoms with Gasteiger partial charge in [-0.15, -0.1) is 0 Å². The molecule has 2 aliphatic heterocycles. The molecular weight excluding hydrogens is 524 g/mol. The number of rotatable bonds is 9. The highest BCUT2D eigenvalue weighted by Gasteiger charge is 2.49. The maximum absolute atomic E-state index is 13.1. The first-order chi connectivity index (χ1) is 19.3. The Balaban J connectivity index is 2.14. The lowest BCUT2D eigenvalue weighted by Crippen LogP contribution is -2.39. The van der Waals surface area contributed by atoms with Crippen molar-refractivity contribution in [1.82, 2.24) is 0 Å². The molecule has 41 heavy (non-hydrogen) atoms. The number of hydrogen-bond donors (Lipinski definition) is 4. The maximum Gasteiger partial charge on any atom is 0.334 e. The summed E-state index contributed by atoms with van der Waals surface area (Å²) in [7, 11) is 1.61. The molecule has 0 aromatic heterocycles. The zero-order chi connectivity index (χ0) is 30.9. The number of carbonyl (C=O) groups is 1. The number of hydrogen-bond acceptors (Lipinski definition) is 8. The van der Waals surface area contributed by atoms with Gasteiger partial charge < -0.3 is 34.6 Å². The van der Waals surface area contributed by atoms with E-state index in [2.05, 4.69) is 0 Å². The average Bonchev–Trinajstić information content (AvgIpc) is 3.74. The quantitative estimate of drug-likeness (QED) is 0.236. The summed E-state index contributed by atoms with van der Waals surface area (Å²) in [6.07, 6.45) is 8.91. The number of fused-ring (bicyclic) bond motifs is 1. The monoisotopic (exact) mass is 578 g/mol. The van der Waals surface area contributed by atoms with Gasteiger partial charge in [-0.2, -0.15) is 0 Å². The van der Waals surface area contributed by atoms with Gasteiger partial charge in [-0.25, -0.2) is 4.79 Å². The van der Waals surface area contributed by atoms with Crippen LogP contribution in [0.15, 0.2) is 47.6 Å². The second-order valence-corrected chi connectivity index (χ2v) is 12.3. The number of esters is 1. The fourth-order valence-electron chi connectivity index (χ4n) is 5.41. The van der Waals surface area contributed by atoms with E-state index in [9.17, 15) is 25.2 Å². The summed E-state index contributed by atoms with van der Waals surface area (Å²) in [4.78, 5) is 13.1. The van der Waals surface area contributed by atoms with E-state index in [1.165, 1.54) is 0 Å². The van der Waals surface area contributed by atoms with E-state index >= 15 is 0 Å². The molecule has 0 amide bonds. The Morgan fingerprint density at radius 2 is 1.61 bits per heavy atom. The number of aliphatic hydroxyl groups excluding tert-OH is 4. The van der Waals surface area contributed by atoms with Crippen LogP contribution in [0.5, 0.6) is 0 Å². The Morgan fingerprint density at radius 3 is 2.24 bits per heavy atom. The van der Waals surface area contributed by atoms with Crippen LogP contribution >= 0.6 is 0 Å². The Morgan fingerprint density at radius 1 is 0.976 bits per heavy atom. The third-order valence-corrected chi connectivity index (χ3v) is 8.84. The van der Waals surface area contributed by atoms with E-state index < -0.39 is 48.7 Å². The van der Waals surface area contributed by atoms with Crippen molar-refractivity contribution in [3.05, 3.63) is 47.6 Å². The number of allylic oxidation sites excluding steroid dienone is 4. The molecule has 1 fully saturated rings. The number of cyclic esters (lactones) is 1. The van der Waals surface area contributed by atoms with Crippen molar-refractivity contribution >= 4 is 5.97 Å². The first-order valence-corrected chi connectivity index (χ1v) is 15.1. The summed E-state index contributed by atoms with van der Waals surface area (Å²) < 4.78 is 16.9. The molecule has 0 saturated carbocycles. The highest BCUT2D eigenvalue weighted by atomic mass is 16.6. The van der Waals surface area contributed by atoms with Gasteiger partial charge in [0.15, 0.2) is 0 Å². The lowest BCUT2D eigenvalue weighted by atomic mass is 9.83. The van der Waals surface area contributed by atoms with E-state index in [1.54, 1.807) is 20.1 Å². The van der Waals surface area contributed by atoms with Gasteiger partial charge in [0.1, 0.15) is 18.3 Å². The van der Waals surface area contributed by atoms with Gasteiger partial charge in [0.25, 0.3) is 0 Å². The summed E-state index contributed by atoms with van der Waals surface area (Å²) in [5.41, 5.74) is 1.28. The molecule has 5 unspecified atom stereocenters.